The van der Waals surface area contributed by atoms with Crippen LogP contribution < -0.4 is 5.32 Å². The van der Waals surface area contributed by atoms with Gasteiger partial charge in [0.05, 0.1) is 24.5 Å². The van der Waals surface area contributed by atoms with Crippen LogP contribution in [0, 0.1) is 0 Å². The van der Waals surface area contributed by atoms with Crippen molar-refractivity contribution in [2.75, 3.05) is 32.5 Å². The molecule has 1 aromatic heterocycles. The Bertz CT molecular complexity index is 645. The molecule has 1 aliphatic heterocycles. The van der Waals surface area contributed by atoms with Crippen molar-refractivity contribution in [1.82, 2.24) is 19.6 Å². The first kappa shape index (κ1) is 17.8. The molecule has 0 aliphatic carbocycles. The lowest BCUT2D eigenvalue weighted by molar-refractivity contribution is 0.000434. The summed E-state index contributed by atoms with van der Waals surface area (Å²) in [6.07, 6.45) is 3.78. The molecule has 0 bridgehead atoms. The predicted molar refractivity (Wildman–Crippen MR) is 84.6 cm³/mol. The van der Waals surface area contributed by atoms with Crippen LogP contribution in [0.3, 0.4) is 0 Å². The van der Waals surface area contributed by atoms with Crippen molar-refractivity contribution in [3.63, 3.8) is 0 Å². The van der Waals surface area contributed by atoms with Crippen LogP contribution >= 0.6 is 0 Å². The normalized spacial score (nSPS) is 19.7. The van der Waals surface area contributed by atoms with Crippen LogP contribution in [-0.2, 0) is 14.8 Å². The van der Waals surface area contributed by atoms with Gasteiger partial charge in [0.1, 0.15) is 5.82 Å². The van der Waals surface area contributed by atoms with Crippen LogP contribution in [0.4, 0.5) is 0 Å². The van der Waals surface area contributed by atoms with Crippen molar-refractivity contribution in [3.05, 3.63) is 23.8 Å². The summed E-state index contributed by atoms with van der Waals surface area (Å²) >= 11 is 0. The van der Waals surface area contributed by atoms with Gasteiger partial charge in [0.25, 0.3) is 5.91 Å². The van der Waals surface area contributed by atoms with E-state index in [1.54, 1.807) is 0 Å². The molecule has 1 N–H and O–H groups in total. The monoisotopic (exact) mass is 342 g/mol. The Morgan fingerprint density at radius 1 is 1.43 bits per heavy atom. The summed E-state index contributed by atoms with van der Waals surface area (Å²) < 4.78 is 29.9. The van der Waals surface area contributed by atoms with E-state index in [4.69, 9.17) is 4.74 Å². The fourth-order valence-electron chi connectivity index (χ4n) is 2.18. The van der Waals surface area contributed by atoms with Gasteiger partial charge in [0.15, 0.2) is 0 Å². The fraction of sp³-hybridized carbons (Fsp3) is 0.643. The molecular weight excluding hydrogens is 320 g/mol. The highest BCUT2D eigenvalue weighted by atomic mass is 32.2. The molecule has 23 heavy (non-hydrogen) atoms. The van der Waals surface area contributed by atoms with Gasteiger partial charge in [-0.1, -0.05) is 13.8 Å². The van der Waals surface area contributed by atoms with E-state index in [0.29, 0.717) is 24.5 Å². The Labute approximate surface area is 136 Å². The second kappa shape index (κ2) is 7.33. The Morgan fingerprint density at radius 2 is 2.09 bits per heavy atom. The van der Waals surface area contributed by atoms with E-state index in [1.807, 2.05) is 13.8 Å². The number of ether oxygens (including phenoxy) is 1. The molecule has 1 aromatic rings. The van der Waals surface area contributed by atoms with Gasteiger partial charge in [-0.25, -0.2) is 18.4 Å². The molecule has 0 aromatic carbocycles. The zero-order valence-electron chi connectivity index (χ0n) is 13.5. The second-order valence-corrected chi connectivity index (χ2v) is 7.79. The maximum atomic E-state index is 12.1. The van der Waals surface area contributed by atoms with Crippen LogP contribution in [-0.4, -0.2) is 67.2 Å². The van der Waals surface area contributed by atoms with Crippen LogP contribution in [0.25, 0.3) is 0 Å². The summed E-state index contributed by atoms with van der Waals surface area (Å²) in [6.45, 7) is 5.08. The molecule has 1 saturated heterocycles. The lowest BCUT2D eigenvalue weighted by atomic mass is 10.2. The number of hydrogen-bond donors (Lipinski definition) is 1. The van der Waals surface area contributed by atoms with Crippen molar-refractivity contribution in [1.29, 1.82) is 0 Å². The molecule has 1 atom stereocenters. The highest BCUT2D eigenvalue weighted by molar-refractivity contribution is 7.88. The van der Waals surface area contributed by atoms with E-state index < -0.39 is 10.0 Å². The third-order valence-corrected chi connectivity index (χ3v) is 4.78. The molecule has 128 valence electrons. The molecule has 1 fully saturated rings. The Morgan fingerprint density at radius 3 is 2.65 bits per heavy atom. The van der Waals surface area contributed by atoms with Crippen molar-refractivity contribution < 1.29 is 17.9 Å². The van der Waals surface area contributed by atoms with E-state index >= 15 is 0 Å². The summed E-state index contributed by atoms with van der Waals surface area (Å²) in [5.74, 6) is 0.575. The summed E-state index contributed by atoms with van der Waals surface area (Å²) in [7, 11) is -3.24. The van der Waals surface area contributed by atoms with E-state index in [2.05, 4.69) is 15.3 Å². The standard InChI is InChI=1S/C14H22N4O4S/c1-10(2)13-15-6-11(7-16-13)14(19)17-8-12-9-18(4-5-22-12)23(3,20)21/h6-7,10,12H,4-5,8-9H2,1-3H3,(H,17,19). The van der Waals surface area contributed by atoms with Gasteiger partial charge in [-0.15, -0.1) is 0 Å². The number of carbonyl (C=O) groups is 1. The van der Waals surface area contributed by atoms with Crippen molar-refractivity contribution in [2.24, 2.45) is 0 Å². The Balaban J connectivity index is 1.89. The zero-order chi connectivity index (χ0) is 17.0. The highest BCUT2D eigenvalue weighted by Gasteiger charge is 2.26. The topological polar surface area (TPSA) is 101 Å². The van der Waals surface area contributed by atoms with Crippen LogP contribution in [0.5, 0.6) is 0 Å². The predicted octanol–water partition coefficient (Wildman–Crippen LogP) is -0.00980. The summed E-state index contributed by atoms with van der Waals surface area (Å²) in [4.78, 5) is 20.4. The number of hydrogen-bond acceptors (Lipinski definition) is 6. The number of nitrogens with zero attached hydrogens (tertiary/aromatic N) is 3. The van der Waals surface area contributed by atoms with Gasteiger partial charge in [-0.2, -0.15) is 4.31 Å². The molecule has 0 radical (unpaired) electrons. The molecule has 0 spiro atoms. The number of sulfonamides is 1. The van der Waals surface area contributed by atoms with E-state index in [9.17, 15) is 13.2 Å². The lowest BCUT2D eigenvalue weighted by Gasteiger charge is -2.31. The van der Waals surface area contributed by atoms with Crippen molar-refractivity contribution in [3.8, 4) is 0 Å². The quantitative estimate of drug-likeness (QED) is 0.807. The second-order valence-electron chi connectivity index (χ2n) is 5.81. The third-order valence-electron chi connectivity index (χ3n) is 3.51. The smallest absolute Gasteiger partial charge is 0.254 e. The van der Waals surface area contributed by atoms with Crippen LogP contribution in [0.2, 0.25) is 0 Å². The molecule has 1 unspecified atom stereocenters. The largest absolute Gasteiger partial charge is 0.374 e. The average molecular weight is 342 g/mol. The number of nitrogens with one attached hydrogen (secondary N) is 1. The Kier molecular flexibility index (Phi) is 5.66. The number of carbonyl (C=O) groups excluding carboxylic acids is 1. The first-order chi connectivity index (χ1) is 10.8. The summed E-state index contributed by atoms with van der Waals surface area (Å²) in [5.41, 5.74) is 0.366. The van der Waals surface area contributed by atoms with Gasteiger partial charge < -0.3 is 10.1 Å². The minimum atomic E-state index is -3.24. The lowest BCUT2D eigenvalue weighted by Crippen LogP contribution is -2.49. The molecule has 1 aliphatic rings. The maximum Gasteiger partial charge on any atom is 0.254 e. The van der Waals surface area contributed by atoms with E-state index in [-0.39, 0.29) is 31.0 Å². The van der Waals surface area contributed by atoms with Crippen LogP contribution in [0.15, 0.2) is 12.4 Å². The molecule has 2 heterocycles. The molecular formula is C14H22N4O4S. The van der Waals surface area contributed by atoms with Gasteiger partial charge in [-0.05, 0) is 0 Å². The van der Waals surface area contributed by atoms with Crippen molar-refractivity contribution >= 4 is 15.9 Å². The minimum absolute atomic E-state index is 0.199. The van der Waals surface area contributed by atoms with E-state index in [0.717, 1.165) is 0 Å². The van der Waals surface area contributed by atoms with Gasteiger partial charge in [-0.3, -0.25) is 4.79 Å². The van der Waals surface area contributed by atoms with E-state index in [1.165, 1.54) is 23.0 Å². The highest BCUT2D eigenvalue weighted by Crippen LogP contribution is 2.09. The SMILES string of the molecule is CC(C)c1ncc(C(=O)NCC2CN(S(C)(=O)=O)CCO2)cn1. The molecule has 9 heteroatoms. The average Bonchev–Trinajstić information content (AvgIpc) is 2.52. The number of morpholine rings is 1. The van der Waals surface area contributed by atoms with Crippen LogP contribution in [0.1, 0.15) is 35.9 Å². The minimum Gasteiger partial charge on any atom is -0.374 e. The molecule has 2 rings (SSSR count). The molecule has 1 amide bonds. The van der Waals surface area contributed by atoms with Gasteiger partial charge >= 0.3 is 0 Å². The number of amides is 1. The first-order valence-electron chi connectivity index (χ1n) is 7.44. The first-order valence-corrected chi connectivity index (χ1v) is 9.29. The number of rotatable bonds is 5. The fourth-order valence-corrected chi connectivity index (χ4v) is 3.02. The molecule has 0 saturated carbocycles. The summed E-state index contributed by atoms with van der Waals surface area (Å²) in [6, 6.07) is 0. The Hall–Kier alpha value is -1.58. The maximum absolute atomic E-state index is 12.1. The third kappa shape index (κ3) is 4.95. The zero-order valence-corrected chi connectivity index (χ0v) is 14.3. The summed E-state index contributed by atoms with van der Waals surface area (Å²) in [5, 5.41) is 2.72. The van der Waals surface area contributed by atoms with Crippen molar-refractivity contribution in [2.45, 2.75) is 25.9 Å². The van der Waals surface area contributed by atoms with Gasteiger partial charge in [0, 0.05) is 37.9 Å². The number of aromatic nitrogens is 2. The molecule has 8 nitrogen and oxygen atoms in total. The van der Waals surface area contributed by atoms with Gasteiger partial charge in [0.2, 0.25) is 10.0 Å².